The maximum atomic E-state index is 14.5. The third-order valence-corrected chi connectivity index (χ3v) is 3.58. The minimum absolute atomic E-state index is 0.225. The van der Waals surface area contributed by atoms with Gasteiger partial charge in [0.05, 0.1) is 13.2 Å². The minimum Gasteiger partial charge on any atom is -0.494 e. The van der Waals surface area contributed by atoms with E-state index in [2.05, 4.69) is 12.2 Å². The highest BCUT2D eigenvalue weighted by molar-refractivity contribution is 6.30. The Morgan fingerprint density at radius 3 is 2.52 bits per heavy atom. The molecule has 0 aliphatic rings. The first-order valence-corrected chi connectivity index (χ1v) is 7.36. The van der Waals surface area contributed by atoms with Crippen molar-refractivity contribution in [1.82, 2.24) is 5.32 Å². The summed E-state index contributed by atoms with van der Waals surface area (Å²) in [5.41, 5.74) is 1.55. The summed E-state index contributed by atoms with van der Waals surface area (Å²) >= 11 is 5.93. The normalized spacial score (nSPS) is 12.2. The Morgan fingerprint density at radius 1 is 1.19 bits per heavy atom. The third-order valence-electron chi connectivity index (χ3n) is 3.33. The van der Waals surface area contributed by atoms with Crippen molar-refractivity contribution in [3.63, 3.8) is 0 Å². The van der Waals surface area contributed by atoms with Crippen molar-refractivity contribution < 1.29 is 9.13 Å². The van der Waals surface area contributed by atoms with Crippen molar-refractivity contribution in [3.05, 3.63) is 64.4 Å². The topological polar surface area (TPSA) is 21.3 Å². The Kier molecular flexibility index (Phi) is 5.59. The molecule has 0 aliphatic carbocycles. The van der Waals surface area contributed by atoms with Gasteiger partial charge in [0.25, 0.3) is 0 Å². The van der Waals surface area contributed by atoms with Crippen LogP contribution in [0.3, 0.4) is 0 Å². The smallest absolute Gasteiger partial charge is 0.170 e. The van der Waals surface area contributed by atoms with Gasteiger partial charge in [-0.3, -0.25) is 0 Å². The standard InChI is InChI=1S/C17H19ClFNO/c1-3-11-20-17(12-7-9-13(18)10-8-12)14-5-4-6-15(21-2)16(14)19/h4-10,17,20H,3,11H2,1-2H3. The lowest BCUT2D eigenvalue weighted by Crippen LogP contribution is -2.24. The van der Waals surface area contributed by atoms with Crippen LogP contribution in [0.15, 0.2) is 42.5 Å². The molecule has 4 heteroatoms. The lowest BCUT2D eigenvalue weighted by molar-refractivity contribution is 0.381. The SMILES string of the molecule is CCCNC(c1ccc(Cl)cc1)c1cccc(OC)c1F. The fraction of sp³-hybridized carbons (Fsp3) is 0.294. The van der Waals surface area contributed by atoms with Gasteiger partial charge < -0.3 is 10.1 Å². The molecule has 112 valence electrons. The molecule has 2 rings (SSSR count). The number of ether oxygens (including phenoxy) is 1. The van der Waals surface area contributed by atoms with E-state index in [0.29, 0.717) is 10.6 Å². The molecule has 0 saturated carbocycles. The Morgan fingerprint density at radius 2 is 1.90 bits per heavy atom. The van der Waals surface area contributed by atoms with Gasteiger partial charge >= 0.3 is 0 Å². The minimum atomic E-state index is -0.330. The molecule has 0 aromatic heterocycles. The summed E-state index contributed by atoms with van der Waals surface area (Å²) < 4.78 is 19.6. The van der Waals surface area contributed by atoms with Gasteiger partial charge in [0.1, 0.15) is 0 Å². The summed E-state index contributed by atoms with van der Waals surface area (Å²) in [5, 5.41) is 4.04. The largest absolute Gasteiger partial charge is 0.494 e. The lowest BCUT2D eigenvalue weighted by atomic mass is 9.97. The maximum absolute atomic E-state index is 14.5. The van der Waals surface area contributed by atoms with Crippen LogP contribution < -0.4 is 10.1 Å². The van der Waals surface area contributed by atoms with Gasteiger partial charge in [-0.25, -0.2) is 4.39 Å². The van der Waals surface area contributed by atoms with E-state index < -0.39 is 0 Å². The average molecular weight is 308 g/mol. The molecular formula is C17H19ClFNO. The van der Waals surface area contributed by atoms with E-state index in [-0.39, 0.29) is 17.6 Å². The number of halogens is 2. The Bertz CT molecular complexity index is 586. The molecule has 0 saturated heterocycles. The quantitative estimate of drug-likeness (QED) is 0.843. The van der Waals surface area contributed by atoms with E-state index in [1.165, 1.54) is 7.11 Å². The first-order chi connectivity index (χ1) is 10.2. The number of hydrogen-bond acceptors (Lipinski definition) is 2. The number of rotatable bonds is 6. The zero-order valence-corrected chi connectivity index (χ0v) is 13.0. The van der Waals surface area contributed by atoms with Crippen LogP contribution in [0.25, 0.3) is 0 Å². The Hall–Kier alpha value is -1.58. The van der Waals surface area contributed by atoms with Gasteiger partial charge in [0, 0.05) is 10.6 Å². The van der Waals surface area contributed by atoms with E-state index in [1.807, 2.05) is 24.3 Å². The van der Waals surface area contributed by atoms with Crippen molar-refractivity contribution in [2.75, 3.05) is 13.7 Å². The van der Waals surface area contributed by atoms with Crippen LogP contribution in [0.4, 0.5) is 4.39 Å². The lowest BCUT2D eigenvalue weighted by Gasteiger charge is -2.21. The highest BCUT2D eigenvalue weighted by Gasteiger charge is 2.19. The van der Waals surface area contributed by atoms with Gasteiger partial charge in [-0.2, -0.15) is 0 Å². The Labute approximate surface area is 129 Å². The molecular weight excluding hydrogens is 289 g/mol. The van der Waals surface area contributed by atoms with E-state index in [1.54, 1.807) is 18.2 Å². The number of hydrogen-bond donors (Lipinski definition) is 1. The molecule has 0 spiro atoms. The zero-order chi connectivity index (χ0) is 15.2. The molecule has 0 fully saturated rings. The van der Waals surface area contributed by atoms with E-state index >= 15 is 0 Å². The predicted octanol–water partition coefficient (Wildman–Crippen LogP) is 4.58. The van der Waals surface area contributed by atoms with Crippen LogP contribution in [0.5, 0.6) is 5.75 Å². The van der Waals surface area contributed by atoms with Crippen molar-refractivity contribution in [3.8, 4) is 5.75 Å². The van der Waals surface area contributed by atoms with E-state index in [4.69, 9.17) is 16.3 Å². The molecule has 2 nitrogen and oxygen atoms in total. The first-order valence-electron chi connectivity index (χ1n) is 6.98. The van der Waals surface area contributed by atoms with Crippen molar-refractivity contribution in [2.24, 2.45) is 0 Å². The average Bonchev–Trinajstić information content (AvgIpc) is 2.50. The molecule has 0 aliphatic heterocycles. The number of nitrogens with one attached hydrogen (secondary N) is 1. The second-order valence-electron chi connectivity index (χ2n) is 4.80. The molecule has 0 amide bonds. The van der Waals surface area contributed by atoms with Gasteiger partial charge in [-0.05, 0) is 36.7 Å². The maximum Gasteiger partial charge on any atom is 0.170 e. The molecule has 1 N–H and O–H groups in total. The van der Waals surface area contributed by atoms with Crippen molar-refractivity contribution in [1.29, 1.82) is 0 Å². The predicted molar refractivity (Wildman–Crippen MR) is 84.5 cm³/mol. The molecule has 1 atom stereocenters. The number of methoxy groups -OCH3 is 1. The van der Waals surface area contributed by atoms with E-state index in [9.17, 15) is 4.39 Å². The zero-order valence-electron chi connectivity index (χ0n) is 12.2. The second kappa shape index (κ2) is 7.43. The van der Waals surface area contributed by atoms with E-state index in [0.717, 1.165) is 18.5 Å². The van der Waals surface area contributed by atoms with Crippen LogP contribution in [0.1, 0.15) is 30.5 Å². The van der Waals surface area contributed by atoms with Crippen LogP contribution in [0, 0.1) is 5.82 Å². The second-order valence-corrected chi connectivity index (χ2v) is 5.24. The van der Waals surface area contributed by atoms with Crippen LogP contribution in [-0.2, 0) is 0 Å². The molecule has 2 aromatic carbocycles. The molecule has 0 heterocycles. The third kappa shape index (κ3) is 3.74. The van der Waals surface area contributed by atoms with Gasteiger partial charge in [0.2, 0.25) is 0 Å². The van der Waals surface area contributed by atoms with Gasteiger partial charge in [0.15, 0.2) is 11.6 Å². The van der Waals surface area contributed by atoms with Crippen LogP contribution in [-0.4, -0.2) is 13.7 Å². The highest BCUT2D eigenvalue weighted by Crippen LogP contribution is 2.30. The fourth-order valence-corrected chi connectivity index (χ4v) is 2.39. The molecule has 1 unspecified atom stereocenters. The van der Waals surface area contributed by atoms with Crippen LogP contribution in [0.2, 0.25) is 5.02 Å². The highest BCUT2D eigenvalue weighted by atomic mass is 35.5. The molecule has 0 radical (unpaired) electrons. The summed E-state index contributed by atoms with van der Waals surface area (Å²) in [6.45, 7) is 2.87. The first kappa shape index (κ1) is 15.8. The van der Waals surface area contributed by atoms with Gasteiger partial charge in [-0.1, -0.05) is 42.8 Å². The van der Waals surface area contributed by atoms with Crippen LogP contribution >= 0.6 is 11.6 Å². The van der Waals surface area contributed by atoms with Crippen molar-refractivity contribution in [2.45, 2.75) is 19.4 Å². The van der Waals surface area contributed by atoms with Gasteiger partial charge in [-0.15, -0.1) is 0 Å². The molecule has 0 bridgehead atoms. The summed E-state index contributed by atoms with van der Waals surface area (Å²) in [6, 6.07) is 12.4. The summed E-state index contributed by atoms with van der Waals surface area (Å²) in [5.74, 6) is -0.0756. The Balaban J connectivity index is 2.42. The summed E-state index contributed by atoms with van der Waals surface area (Å²) in [7, 11) is 1.47. The molecule has 21 heavy (non-hydrogen) atoms. The fourth-order valence-electron chi connectivity index (χ4n) is 2.26. The number of benzene rings is 2. The molecule has 2 aromatic rings. The monoisotopic (exact) mass is 307 g/mol. The summed E-state index contributed by atoms with van der Waals surface area (Å²) in [4.78, 5) is 0. The summed E-state index contributed by atoms with van der Waals surface area (Å²) in [6.07, 6.45) is 0.968. The van der Waals surface area contributed by atoms with Crippen molar-refractivity contribution >= 4 is 11.6 Å².